The second kappa shape index (κ2) is 6.16. The zero-order chi connectivity index (χ0) is 14.8. The Morgan fingerprint density at radius 1 is 1.10 bits per heavy atom. The number of halogens is 2. The highest BCUT2D eigenvalue weighted by atomic mass is 32.2. The van der Waals surface area contributed by atoms with Gasteiger partial charge in [-0.25, -0.2) is 8.78 Å². The minimum atomic E-state index is -0.415. The van der Waals surface area contributed by atoms with Crippen molar-refractivity contribution in [2.24, 2.45) is 5.73 Å². The molecule has 0 aliphatic heterocycles. The molecule has 2 aromatic rings. The highest BCUT2D eigenvalue weighted by Crippen LogP contribution is 2.38. The third-order valence-electron chi connectivity index (χ3n) is 3.92. The number of nitrogens with two attached hydrogens (primary N) is 1. The molecule has 110 valence electrons. The van der Waals surface area contributed by atoms with Crippen molar-refractivity contribution >= 4 is 11.8 Å². The molecule has 21 heavy (non-hydrogen) atoms. The molecule has 0 spiro atoms. The molecule has 2 atom stereocenters. The first-order valence-electron chi connectivity index (χ1n) is 7.10. The van der Waals surface area contributed by atoms with Gasteiger partial charge < -0.3 is 5.73 Å². The summed E-state index contributed by atoms with van der Waals surface area (Å²) in [6.07, 6.45) is 2.91. The summed E-state index contributed by atoms with van der Waals surface area (Å²) in [5.41, 5.74) is 8.79. The lowest BCUT2D eigenvalue weighted by Gasteiger charge is -2.22. The molecule has 2 aromatic carbocycles. The molecule has 2 unspecified atom stereocenters. The topological polar surface area (TPSA) is 26.0 Å². The number of benzene rings is 2. The zero-order valence-electron chi connectivity index (χ0n) is 11.6. The molecule has 2 N–H and O–H groups in total. The fourth-order valence-corrected chi connectivity index (χ4v) is 4.09. The average Bonchev–Trinajstić information content (AvgIpc) is 2.64. The maximum atomic E-state index is 13.8. The molecule has 3 rings (SSSR count). The normalized spacial score (nSPS) is 21.7. The lowest BCUT2D eigenvalue weighted by Crippen LogP contribution is -2.23. The number of hydrogen-bond acceptors (Lipinski definition) is 2. The van der Waals surface area contributed by atoms with E-state index in [-0.39, 0.29) is 17.1 Å². The van der Waals surface area contributed by atoms with Crippen LogP contribution < -0.4 is 5.73 Å². The van der Waals surface area contributed by atoms with Crippen molar-refractivity contribution < 1.29 is 8.78 Å². The van der Waals surface area contributed by atoms with Gasteiger partial charge in [0.15, 0.2) is 0 Å². The van der Waals surface area contributed by atoms with Gasteiger partial charge in [0, 0.05) is 16.2 Å². The van der Waals surface area contributed by atoms with Gasteiger partial charge in [0.05, 0.1) is 0 Å². The standard InChI is InChI=1S/C17H17F2NS/c18-12-8-9-14(19)16(10-12)21-15-7-3-5-11-4-1-2-6-13(11)17(15)20/h1-2,4,6,8-10,15,17H,3,5,7,20H2. The van der Waals surface area contributed by atoms with Crippen LogP contribution in [0.15, 0.2) is 47.4 Å². The highest BCUT2D eigenvalue weighted by molar-refractivity contribution is 8.00. The summed E-state index contributed by atoms with van der Waals surface area (Å²) >= 11 is 1.35. The molecule has 0 aromatic heterocycles. The van der Waals surface area contributed by atoms with Crippen LogP contribution in [0.25, 0.3) is 0 Å². The average molecular weight is 305 g/mol. The Bertz CT molecular complexity index is 644. The van der Waals surface area contributed by atoms with Crippen LogP contribution in [-0.2, 0) is 6.42 Å². The van der Waals surface area contributed by atoms with Gasteiger partial charge in [-0.2, -0.15) is 0 Å². The van der Waals surface area contributed by atoms with E-state index >= 15 is 0 Å². The third-order valence-corrected chi connectivity index (χ3v) is 5.32. The SMILES string of the molecule is NC1c2ccccc2CCCC1Sc1cc(F)ccc1F. The Labute approximate surface area is 127 Å². The quantitative estimate of drug-likeness (QED) is 0.829. The zero-order valence-corrected chi connectivity index (χ0v) is 12.4. The minimum Gasteiger partial charge on any atom is -0.323 e. The predicted octanol–water partition coefficient (Wildman–Crippen LogP) is 4.46. The molecule has 1 nitrogen and oxygen atoms in total. The van der Waals surface area contributed by atoms with E-state index in [1.807, 2.05) is 18.2 Å². The summed E-state index contributed by atoms with van der Waals surface area (Å²) in [4.78, 5) is 0.342. The van der Waals surface area contributed by atoms with E-state index in [1.165, 1.54) is 29.5 Å². The van der Waals surface area contributed by atoms with E-state index in [4.69, 9.17) is 5.73 Å². The number of aryl methyl sites for hydroxylation is 1. The van der Waals surface area contributed by atoms with Crippen LogP contribution in [0.1, 0.15) is 30.0 Å². The fourth-order valence-electron chi connectivity index (χ4n) is 2.82. The Balaban J connectivity index is 1.87. The summed E-state index contributed by atoms with van der Waals surface area (Å²) in [5, 5.41) is 0.0601. The van der Waals surface area contributed by atoms with E-state index < -0.39 is 5.82 Å². The Kier molecular flexibility index (Phi) is 4.27. The summed E-state index contributed by atoms with van der Waals surface area (Å²) in [6.45, 7) is 0. The van der Waals surface area contributed by atoms with Crippen molar-refractivity contribution in [3.05, 3.63) is 65.2 Å². The van der Waals surface area contributed by atoms with Crippen LogP contribution in [0.5, 0.6) is 0 Å². The summed E-state index contributed by atoms with van der Waals surface area (Å²) < 4.78 is 27.1. The fraction of sp³-hybridized carbons (Fsp3) is 0.294. The lowest BCUT2D eigenvalue weighted by atomic mass is 10.00. The van der Waals surface area contributed by atoms with Gasteiger partial charge in [0.2, 0.25) is 0 Å². The molecule has 0 bridgehead atoms. The van der Waals surface area contributed by atoms with E-state index in [2.05, 4.69) is 6.07 Å². The van der Waals surface area contributed by atoms with Crippen LogP contribution >= 0.6 is 11.8 Å². The molecule has 4 heteroatoms. The largest absolute Gasteiger partial charge is 0.323 e. The Morgan fingerprint density at radius 2 is 1.90 bits per heavy atom. The summed E-state index contributed by atoms with van der Waals surface area (Å²) in [5.74, 6) is -0.798. The minimum absolute atomic E-state index is 0.0601. The van der Waals surface area contributed by atoms with Gasteiger partial charge in [-0.3, -0.25) is 0 Å². The highest BCUT2D eigenvalue weighted by Gasteiger charge is 2.26. The van der Waals surface area contributed by atoms with Crippen LogP contribution in [0.2, 0.25) is 0 Å². The first kappa shape index (κ1) is 14.5. The van der Waals surface area contributed by atoms with Crippen LogP contribution in [0, 0.1) is 11.6 Å². The number of rotatable bonds is 2. The van der Waals surface area contributed by atoms with E-state index in [1.54, 1.807) is 0 Å². The van der Waals surface area contributed by atoms with Crippen LogP contribution in [0.4, 0.5) is 8.78 Å². The lowest BCUT2D eigenvalue weighted by molar-refractivity contribution is 0.574. The Hall–Kier alpha value is -1.39. The van der Waals surface area contributed by atoms with Gasteiger partial charge in [0.1, 0.15) is 11.6 Å². The van der Waals surface area contributed by atoms with Gasteiger partial charge in [-0.15, -0.1) is 11.8 Å². The van der Waals surface area contributed by atoms with Gasteiger partial charge >= 0.3 is 0 Å². The summed E-state index contributed by atoms with van der Waals surface area (Å²) in [6, 6.07) is 11.6. The molecule has 0 fully saturated rings. The third kappa shape index (κ3) is 3.11. The van der Waals surface area contributed by atoms with Crippen molar-refractivity contribution in [1.82, 2.24) is 0 Å². The molecule has 1 aliphatic carbocycles. The molecule has 0 saturated carbocycles. The molecule has 1 aliphatic rings. The van der Waals surface area contributed by atoms with Crippen molar-refractivity contribution in [3.63, 3.8) is 0 Å². The first-order chi connectivity index (χ1) is 10.1. The van der Waals surface area contributed by atoms with E-state index in [0.29, 0.717) is 4.90 Å². The van der Waals surface area contributed by atoms with Crippen LogP contribution in [0.3, 0.4) is 0 Å². The molecular formula is C17H17F2NS. The maximum Gasteiger partial charge on any atom is 0.136 e. The number of hydrogen-bond donors (Lipinski definition) is 1. The molecule has 0 saturated heterocycles. The predicted molar refractivity (Wildman–Crippen MR) is 82.3 cm³/mol. The second-order valence-electron chi connectivity index (χ2n) is 5.35. The first-order valence-corrected chi connectivity index (χ1v) is 7.98. The maximum absolute atomic E-state index is 13.8. The van der Waals surface area contributed by atoms with Crippen molar-refractivity contribution in [2.75, 3.05) is 0 Å². The number of thioether (sulfide) groups is 1. The number of fused-ring (bicyclic) bond motifs is 1. The monoisotopic (exact) mass is 305 g/mol. The van der Waals surface area contributed by atoms with Gasteiger partial charge in [0.25, 0.3) is 0 Å². The molecule has 0 radical (unpaired) electrons. The van der Waals surface area contributed by atoms with Gasteiger partial charge in [-0.1, -0.05) is 24.3 Å². The smallest absolute Gasteiger partial charge is 0.136 e. The van der Waals surface area contributed by atoms with Gasteiger partial charge in [-0.05, 0) is 48.6 Å². The molecule has 0 amide bonds. The van der Waals surface area contributed by atoms with Crippen molar-refractivity contribution in [2.45, 2.75) is 35.4 Å². The molecular weight excluding hydrogens is 288 g/mol. The molecule has 0 heterocycles. The van der Waals surface area contributed by atoms with Crippen molar-refractivity contribution in [1.29, 1.82) is 0 Å². The van der Waals surface area contributed by atoms with Crippen LogP contribution in [-0.4, -0.2) is 5.25 Å². The van der Waals surface area contributed by atoms with E-state index in [0.717, 1.165) is 30.9 Å². The second-order valence-corrected chi connectivity index (χ2v) is 6.63. The summed E-state index contributed by atoms with van der Waals surface area (Å²) in [7, 11) is 0. The van der Waals surface area contributed by atoms with Crippen molar-refractivity contribution in [3.8, 4) is 0 Å². The Morgan fingerprint density at radius 3 is 2.76 bits per heavy atom. The van der Waals surface area contributed by atoms with E-state index in [9.17, 15) is 8.78 Å².